The maximum atomic E-state index is 13.2. The number of rotatable bonds is 8. The number of carbonyl (C=O) groups is 3. The van der Waals surface area contributed by atoms with E-state index in [-0.39, 0.29) is 29.5 Å². The molecule has 2 aromatic rings. The molecule has 196 valence electrons. The second-order valence-corrected chi connectivity index (χ2v) is 8.97. The lowest BCUT2D eigenvalue weighted by Gasteiger charge is -2.26. The molecule has 2 aliphatic rings. The van der Waals surface area contributed by atoms with Gasteiger partial charge in [0.2, 0.25) is 5.78 Å². The van der Waals surface area contributed by atoms with E-state index in [4.69, 9.17) is 20.3 Å². The highest BCUT2D eigenvalue weighted by molar-refractivity contribution is 6.26. The van der Waals surface area contributed by atoms with Crippen LogP contribution in [0, 0.1) is 36.5 Å². The van der Waals surface area contributed by atoms with Gasteiger partial charge in [0, 0.05) is 24.3 Å². The van der Waals surface area contributed by atoms with Crippen LogP contribution < -0.4 is 15.5 Å². The molecule has 0 spiro atoms. The number of aryl methyl sites for hydroxylation is 2. The Labute approximate surface area is 225 Å². The molecule has 0 aromatic heterocycles. The summed E-state index contributed by atoms with van der Waals surface area (Å²) >= 11 is 0. The fourth-order valence-electron chi connectivity index (χ4n) is 4.23. The summed E-state index contributed by atoms with van der Waals surface area (Å²) in [5, 5.41) is 23.3. The van der Waals surface area contributed by atoms with Crippen LogP contribution in [0.3, 0.4) is 0 Å². The number of ether oxygens (including phenoxy) is 1. The number of ketones is 1. The van der Waals surface area contributed by atoms with Gasteiger partial charge in [-0.05, 0) is 55.3 Å². The van der Waals surface area contributed by atoms with Crippen molar-refractivity contribution >= 4 is 34.7 Å². The maximum absolute atomic E-state index is 13.2. The molecule has 1 heterocycles. The molecule has 0 fully saturated rings. The lowest BCUT2D eigenvalue weighted by Crippen LogP contribution is -2.42. The summed E-state index contributed by atoms with van der Waals surface area (Å²) in [6.07, 6.45) is 2.06. The summed E-state index contributed by atoms with van der Waals surface area (Å²) in [5.74, 6) is -1.54. The first kappa shape index (κ1) is 26.8. The Morgan fingerprint density at radius 1 is 1.08 bits per heavy atom. The average Bonchev–Trinajstić information content (AvgIpc) is 2.92. The van der Waals surface area contributed by atoms with Crippen molar-refractivity contribution in [1.29, 1.82) is 10.5 Å². The van der Waals surface area contributed by atoms with Crippen LogP contribution in [-0.4, -0.2) is 43.0 Å². The summed E-state index contributed by atoms with van der Waals surface area (Å²) in [7, 11) is 0. The minimum absolute atomic E-state index is 0.0228. The van der Waals surface area contributed by atoms with Gasteiger partial charge in [-0.25, -0.2) is 4.99 Å². The number of carbonyl (C=O) groups excluding carboxylic acids is 3. The van der Waals surface area contributed by atoms with Crippen molar-refractivity contribution in [2.75, 3.05) is 24.6 Å². The smallest absolute Gasteiger partial charge is 0.262 e. The molecule has 0 bridgehead atoms. The lowest BCUT2D eigenvalue weighted by atomic mass is 10.0. The van der Waals surface area contributed by atoms with Crippen LogP contribution in [0.4, 0.5) is 11.4 Å². The Morgan fingerprint density at radius 3 is 2.46 bits per heavy atom. The topological polar surface area (TPSA) is 148 Å². The summed E-state index contributed by atoms with van der Waals surface area (Å²) < 4.78 is 5.46. The van der Waals surface area contributed by atoms with Gasteiger partial charge >= 0.3 is 0 Å². The molecule has 39 heavy (non-hydrogen) atoms. The third-order valence-corrected chi connectivity index (χ3v) is 6.24. The highest BCUT2D eigenvalue weighted by atomic mass is 16.5. The zero-order valence-electron chi connectivity index (χ0n) is 21.6. The van der Waals surface area contributed by atoms with Gasteiger partial charge in [-0.15, -0.1) is 0 Å². The Hall–Kier alpha value is -5.22. The van der Waals surface area contributed by atoms with E-state index in [0.29, 0.717) is 37.2 Å². The number of Topliss-reactive ketones (excluding diaryl/α,β-unsaturated/α-hetero) is 1. The monoisotopic (exact) mass is 522 g/mol. The van der Waals surface area contributed by atoms with Crippen LogP contribution in [0.5, 0.6) is 0 Å². The number of allylic oxidation sites excluding steroid dienone is 1. The Kier molecular flexibility index (Phi) is 8.18. The number of hydrogen-bond acceptors (Lipinski definition) is 8. The van der Waals surface area contributed by atoms with Crippen LogP contribution in [0.15, 0.2) is 70.7 Å². The van der Waals surface area contributed by atoms with Crippen molar-refractivity contribution in [3.63, 3.8) is 0 Å². The van der Waals surface area contributed by atoms with Crippen LogP contribution in [0.1, 0.15) is 34.3 Å². The summed E-state index contributed by atoms with van der Waals surface area (Å²) in [6.45, 7) is 4.30. The fourth-order valence-corrected chi connectivity index (χ4v) is 4.23. The van der Waals surface area contributed by atoms with Crippen molar-refractivity contribution in [2.24, 2.45) is 4.99 Å². The van der Waals surface area contributed by atoms with Gasteiger partial charge in [0.05, 0.1) is 42.1 Å². The predicted molar refractivity (Wildman–Crippen MR) is 144 cm³/mol. The lowest BCUT2D eigenvalue weighted by molar-refractivity contribution is -0.127. The maximum Gasteiger partial charge on any atom is 0.262 e. The first-order chi connectivity index (χ1) is 18.8. The second kappa shape index (κ2) is 11.9. The molecular weight excluding hydrogens is 496 g/mol. The SMILES string of the molecule is Cc1cc(N(CCC#N)CCC#N)ccc1N=C1C=C(NC(=O)c2ccccc2C)C(=O)C2=C1NC(=O)CO2. The molecule has 0 saturated carbocycles. The van der Waals surface area contributed by atoms with E-state index in [1.165, 1.54) is 6.08 Å². The van der Waals surface area contributed by atoms with Gasteiger partial charge in [0.15, 0.2) is 12.4 Å². The number of benzene rings is 2. The Balaban J connectivity index is 1.70. The van der Waals surface area contributed by atoms with E-state index in [2.05, 4.69) is 22.8 Å². The van der Waals surface area contributed by atoms with Crippen molar-refractivity contribution in [3.05, 3.63) is 82.4 Å². The molecule has 0 atom stereocenters. The first-order valence-corrected chi connectivity index (χ1v) is 12.3. The van der Waals surface area contributed by atoms with Gasteiger partial charge in [-0.1, -0.05) is 18.2 Å². The largest absolute Gasteiger partial charge is 0.477 e. The molecule has 0 unspecified atom stereocenters. The standard InChI is InChI=1S/C29H26N6O4/c1-18-7-3-4-8-21(18)29(38)33-24-16-23(26-28(27(24)37)39-17-25(36)34-26)32-22-10-9-20(15-19(22)2)35(13-5-11-30)14-6-12-31/h3-4,7-10,15-16H,5-6,13-14,17H2,1-2H3,(H,33,38)(H,34,36). The molecule has 4 rings (SSSR count). The van der Waals surface area contributed by atoms with Gasteiger partial charge in [0.1, 0.15) is 5.70 Å². The number of nitrogens with zero attached hydrogens (tertiary/aromatic N) is 4. The Morgan fingerprint density at radius 2 is 1.79 bits per heavy atom. The van der Waals surface area contributed by atoms with E-state index in [1.807, 2.05) is 30.0 Å². The van der Waals surface area contributed by atoms with Gasteiger partial charge < -0.3 is 20.3 Å². The summed E-state index contributed by atoms with van der Waals surface area (Å²) in [6, 6.07) is 16.8. The minimum Gasteiger partial charge on any atom is -0.477 e. The van der Waals surface area contributed by atoms with Crippen molar-refractivity contribution < 1.29 is 19.1 Å². The first-order valence-electron chi connectivity index (χ1n) is 12.3. The van der Waals surface area contributed by atoms with Crippen molar-refractivity contribution in [3.8, 4) is 12.1 Å². The third kappa shape index (κ3) is 6.03. The fraction of sp³-hybridized carbons (Fsp3) is 0.241. The zero-order chi connectivity index (χ0) is 27.9. The number of hydrogen-bond donors (Lipinski definition) is 2. The van der Waals surface area contributed by atoms with Crippen molar-refractivity contribution in [1.82, 2.24) is 10.6 Å². The predicted octanol–water partition coefficient (Wildman–Crippen LogP) is 3.26. The number of nitriles is 2. The number of anilines is 1. The summed E-state index contributed by atoms with van der Waals surface area (Å²) in [4.78, 5) is 44.9. The third-order valence-electron chi connectivity index (χ3n) is 6.24. The molecule has 2 amide bonds. The average molecular weight is 523 g/mol. The molecule has 0 saturated heterocycles. The molecule has 10 heteroatoms. The van der Waals surface area contributed by atoms with E-state index in [1.54, 1.807) is 31.2 Å². The molecule has 0 radical (unpaired) electrons. The molecule has 2 aromatic carbocycles. The van der Waals surface area contributed by atoms with Gasteiger partial charge in [-0.2, -0.15) is 10.5 Å². The van der Waals surface area contributed by atoms with Crippen LogP contribution >= 0.6 is 0 Å². The quantitative estimate of drug-likeness (QED) is 0.506. The highest BCUT2D eigenvalue weighted by Crippen LogP contribution is 2.29. The van der Waals surface area contributed by atoms with Gasteiger partial charge in [-0.3, -0.25) is 14.4 Å². The van der Waals surface area contributed by atoms with E-state index < -0.39 is 17.6 Å². The minimum atomic E-state index is -0.566. The Bertz CT molecular complexity index is 1500. The molecular formula is C29H26N6O4. The molecule has 10 nitrogen and oxygen atoms in total. The van der Waals surface area contributed by atoms with Crippen molar-refractivity contribution in [2.45, 2.75) is 26.7 Å². The van der Waals surface area contributed by atoms with Gasteiger partial charge in [0.25, 0.3) is 11.8 Å². The molecule has 1 aliphatic heterocycles. The number of nitrogens with one attached hydrogen (secondary N) is 2. The highest BCUT2D eigenvalue weighted by Gasteiger charge is 2.34. The van der Waals surface area contributed by atoms with E-state index in [0.717, 1.165) is 16.8 Å². The zero-order valence-corrected chi connectivity index (χ0v) is 21.6. The van der Waals surface area contributed by atoms with E-state index >= 15 is 0 Å². The summed E-state index contributed by atoms with van der Waals surface area (Å²) in [5.41, 5.74) is 3.74. The second-order valence-electron chi connectivity index (χ2n) is 8.97. The normalized spacial score (nSPS) is 15.4. The molecule has 1 aliphatic carbocycles. The van der Waals surface area contributed by atoms with Crippen LogP contribution in [0.2, 0.25) is 0 Å². The van der Waals surface area contributed by atoms with Crippen LogP contribution in [0.25, 0.3) is 0 Å². The molecule has 2 N–H and O–H groups in total. The van der Waals surface area contributed by atoms with E-state index in [9.17, 15) is 14.4 Å². The van der Waals surface area contributed by atoms with Crippen LogP contribution in [-0.2, 0) is 14.3 Å². The number of amides is 2. The number of aliphatic imine (C=N–C) groups is 1.